The molecule has 0 aromatic heterocycles. The van der Waals surface area contributed by atoms with E-state index in [0.717, 1.165) is 14.3 Å². The molecule has 0 spiro atoms. The first-order valence-electron chi connectivity index (χ1n) is 5.68. The molecule has 5 nitrogen and oxygen atoms in total. The highest BCUT2D eigenvalue weighted by Gasteiger charge is 2.31. The first-order valence-corrected chi connectivity index (χ1v) is 7.92. The van der Waals surface area contributed by atoms with Gasteiger partial charge in [-0.25, -0.2) is 8.42 Å². The molecule has 0 saturated heterocycles. The lowest BCUT2D eigenvalue weighted by Gasteiger charge is -2.23. The van der Waals surface area contributed by atoms with Gasteiger partial charge >= 0.3 is 5.97 Å². The zero-order chi connectivity index (χ0) is 14.8. The quantitative estimate of drug-likeness (QED) is 0.884. The Labute approximate surface area is 121 Å². The van der Waals surface area contributed by atoms with Crippen LogP contribution < -0.4 is 0 Å². The van der Waals surface area contributed by atoms with Crippen molar-refractivity contribution in [3.05, 3.63) is 28.2 Å². The van der Waals surface area contributed by atoms with Crippen LogP contribution in [0.2, 0.25) is 0 Å². The number of benzene rings is 1. The highest BCUT2D eigenvalue weighted by atomic mass is 79.9. The van der Waals surface area contributed by atoms with Gasteiger partial charge in [0.15, 0.2) is 0 Å². The molecule has 0 aliphatic rings. The minimum Gasteiger partial charge on any atom is -0.480 e. The molecular weight excluding hydrogens is 334 g/mol. The average Bonchev–Trinajstić information content (AvgIpc) is 2.32. The number of carboxylic acids is 1. The molecule has 0 saturated carbocycles. The second kappa shape index (κ2) is 6.02. The number of rotatable bonds is 5. The van der Waals surface area contributed by atoms with Crippen LogP contribution in [0.4, 0.5) is 0 Å². The number of carboxylic acid groups (broad SMARTS) is 1. The Hall–Kier alpha value is -0.920. The molecule has 0 fully saturated rings. The maximum absolute atomic E-state index is 12.3. The lowest BCUT2D eigenvalue weighted by molar-refractivity contribution is -0.141. The zero-order valence-corrected chi connectivity index (χ0v) is 13.3. The maximum Gasteiger partial charge on any atom is 0.321 e. The van der Waals surface area contributed by atoms with E-state index < -0.39 is 22.0 Å². The summed E-state index contributed by atoms with van der Waals surface area (Å²) in [5.74, 6) is -1.15. The summed E-state index contributed by atoms with van der Waals surface area (Å²) in [6.07, 6.45) is 0.209. The molecular formula is C12H16BrNO4S. The fourth-order valence-electron chi connectivity index (χ4n) is 1.70. The second-order valence-corrected chi connectivity index (χ2v) is 7.05. The van der Waals surface area contributed by atoms with E-state index in [0.29, 0.717) is 0 Å². The Morgan fingerprint density at radius 2 is 2.05 bits per heavy atom. The highest BCUT2D eigenvalue weighted by molar-refractivity contribution is 9.10. The molecule has 0 aliphatic heterocycles. The van der Waals surface area contributed by atoms with Gasteiger partial charge in [-0.05, 0) is 37.1 Å². The minimum atomic E-state index is -3.80. The summed E-state index contributed by atoms with van der Waals surface area (Å²) < 4.78 is 26.4. The van der Waals surface area contributed by atoms with Crippen molar-refractivity contribution in [2.75, 3.05) is 7.05 Å². The predicted molar refractivity (Wildman–Crippen MR) is 75.5 cm³/mol. The van der Waals surface area contributed by atoms with Crippen molar-refractivity contribution in [2.45, 2.75) is 31.2 Å². The van der Waals surface area contributed by atoms with E-state index in [1.807, 2.05) is 0 Å². The van der Waals surface area contributed by atoms with Gasteiger partial charge in [-0.15, -0.1) is 0 Å². The largest absolute Gasteiger partial charge is 0.480 e. The van der Waals surface area contributed by atoms with Crippen molar-refractivity contribution in [2.24, 2.45) is 0 Å². The van der Waals surface area contributed by atoms with E-state index in [1.54, 1.807) is 19.9 Å². The van der Waals surface area contributed by atoms with Gasteiger partial charge in [0, 0.05) is 11.5 Å². The van der Waals surface area contributed by atoms with Crippen molar-refractivity contribution >= 4 is 31.9 Å². The molecule has 0 radical (unpaired) electrons. The molecule has 1 unspecified atom stereocenters. The fourth-order valence-corrected chi connectivity index (χ4v) is 3.42. The van der Waals surface area contributed by atoms with Crippen LogP contribution in [0.25, 0.3) is 0 Å². The fraction of sp³-hybridized carbons (Fsp3) is 0.417. The number of hydrogen-bond donors (Lipinski definition) is 1. The van der Waals surface area contributed by atoms with Gasteiger partial charge in [-0.3, -0.25) is 4.79 Å². The third-order valence-electron chi connectivity index (χ3n) is 2.92. The summed E-state index contributed by atoms with van der Waals surface area (Å²) in [7, 11) is -2.52. The first kappa shape index (κ1) is 16.1. The van der Waals surface area contributed by atoms with E-state index >= 15 is 0 Å². The maximum atomic E-state index is 12.3. The van der Waals surface area contributed by atoms with Gasteiger partial charge in [0.1, 0.15) is 6.04 Å². The van der Waals surface area contributed by atoms with Crippen LogP contribution >= 0.6 is 15.9 Å². The number of aryl methyl sites for hydroxylation is 1. The third-order valence-corrected chi connectivity index (χ3v) is 5.67. The standard InChI is InChI=1S/C12H16BrNO4S/c1-4-11(12(15)16)14(3)19(17,18)9-5-6-10(13)8(2)7-9/h5-7,11H,4H2,1-3H3,(H,15,16). The Balaban J connectivity index is 3.23. The summed E-state index contributed by atoms with van der Waals surface area (Å²) in [5.41, 5.74) is 0.776. The molecule has 0 heterocycles. The molecule has 106 valence electrons. The Morgan fingerprint density at radius 3 is 2.47 bits per heavy atom. The number of likely N-dealkylation sites (N-methyl/N-ethyl adjacent to an activating group) is 1. The topological polar surface area (TPSA) is 74.7 Å². The van der Waals surface area contributed by atoms with Gasteiger partial charge < -0.3 is 5.11 Å². The summed E-state index contributed by atoms with van der Waals surface area (Å²) in [4.78, 5) is 11.2. The summed E-state index contributed by atoms with van der Waals surface area (Å²) >= 11 is 3.30. The molecule has 19 heavy (non-hydrogen) atoms. The Kier molecular flexibility index (Phi) is 5.11. The van der Waals surface area contributed by atoms with Crippen molar-refractivity contribution in [1.82, 2.24) is 4.31 Å². The lowest BCUT2D eigenvalue weighted by atomic mass is 10.2. The van der Waals surface area contributed by atoms with Gasteiger partial charge in [-0.1, -0.05) is 22.9 Å². The van der Waals surface area contributed by atoms with E-state index in [1.165, 1.54) is 19.2 Å². The molecule has 1 aromatic carbocycles. The lowest BCUT2D eigenvalue weighted by Crippen LogP contribution is -2.41. The van der Waals surface area contributed by atoms with Crippen LogP contribution in [0.15, 0.2) is 27.6 Å². The Bertz CT molecular complexity index is 585. The minimum absolute atomic E-state index is 0.0930. The number of hydrogen-bond acceptors (Lipinski definition) is 3. The SMILES string of the molecule is CCC(C(=O)O)N(C)S(=O)(=O)c1ccc(Br)c(C)c1. The predicted octanol–water partition coefficient (Wildman–Crippen LogP) is 2.24. The van der Waals surface area contributed by atoms with Crippen LogP contribution in [-0.4, -0.2) is 36.9 Å². The Morgan fingerprint density at radius 1 is 1.47 bits per heavy atom. The second-order valence-electron chi connectivity index (χ2n) is 4.19. The molecule has 7 heteroatoms. The van der Waals surface area contributed by atoms with Crippen LogP contribution in [0.5, 0.6) is 0 Å². The molecule has 1 rings (SSSR count). The highest BCUT2D eigenvalue weighted by Crippen LogP contribution is 2.23. The summed E-state index contributed by atoms with van der Waals surface area (Å²) in [5, 5.41) is 9.04. The molecule has 1 N–H and O–H groups in total. The van der Waals surface area contributed by atoms with Gasteiger partial charge in [0.25, 0.3) is 0 Å². The summed E-state index contributed by atoms with van der Waals surface area (Å²) in [6.45, 7) is 3.41. The monoisotopic (exact) mass is 349 g/mol. The van der Waals surface area contributed by atoms with E-state index in [9.17, 15) is 13.2 Å². The van der Waals surface area contributed by atoms with Crippen molar-refractivity contribution in [3.8, 4) is 0 Å². The van der Waals surface area contributed by atoms with E-state index in [4.69, 9.17) is 5.11 Å². The van der Waals surface area contributed by atoms with Crippen LogP contribution in [0.3, 0.4) is 0 Å². The summed E-state index contributed by atoms with van der Waals surface area (Å²) in [6, 6.07) is 3.55. The molecule has 0 bridgehead atoms. The van der Waals surface area contributed by atoms with Crippen molar-refractivity contribution in [3.63, 3.8) is 0 Å². The van der Waals surface area contributed by atoms with E-state index in [-0.39, 0.29) is 11.3 Å². The number of aliphatic carboxylic acids is 1. The van der Waals surface area contributed by atoms with Crippen molar-refractivity contribution < 1.29 is 18.3 Å². The number of nitrogens with zero attached hydrogens (tertiary/aromatic N) is 1. The zero-order valence-electron chi connectivity index (χ0n) is 10.9. The molecule has 1 aromatic rings. The average molecular weight is 350 g/mol. The normalized spacial score (nSPS) is 13.5. The number of halogens is 1. The van der Waals surface area contributed by atoms with Crippen molar-refractivity contribution in [1.29, 1.82) is 0 Å². The molecule has 0 aliphatic carbocycles. The van der Waals surface area contributed by atoms with Crippen LogP contribution in [0, 0.1) is 6.92 Å². The smallest absolute Gasteiger partial charge is 0.321 e. The van der Waals surface area contributed by atoms with Gasteiger partial charge in [0.2, 0.25) is 10.0 Å². The third kappa shape index (κ3) is 3.34. The van der Waals surface area contributed by atoms with Crippen LogP contribution in [0.1, 0.15) is 18.9 Å². The van der Waals surface area contributed by atoms with Gasteiger partial charge in [0.05, 0.1) is 4.90 Å². The van der Waals surface area contributed by atoms with E-state index in [2.05, 4.69) is 15.9 Å². The van der Waals surface area contributed by atoms with Gasteiger partial charge in [-0.2, -0.15) is 4.31 Å². The number of sulfonamides is 1. The molecule has 0 amide bonds. The number of carbonyl (C=O) groups is 1. The molecule has 1 atom stereocenters. The first-order chi connectivity index (χ1) is 8.71. The van der Waals surface area contributed by atoms with Crippen LogP contribution in [-0.2, 0) is 14.8 Å².